The molecule has 2 aliphatic rings. The van der Waals surface area contributed by atoms with Crippen molar-refractivity contribution in [2.45, 2.75) is 38.5 Å². The Bertz CT molecular complexity index is 1200. The number of hydrogen-bond donors (Lipinski definition) is 1. The van der Waals surface area contributed by atoms with Gasteiger partial charge in [0.2, 0.25) is 0 Å². The quantitative estimate of drug-likeness (QED) is 0.430. The van der Waals surface area contributed by atoms with Crippen LogP contribution in [0.5, 0.6) is 0 Å². The van der Waals surface area contributed by atoms with Gasteiger partial charge >= 0.3 is 0 Å². The Kier molecular flexibility index (Phi) is 8.15. The van der Waals surface area contributed by atoms with E-state index in [2.05, 4.69) is 115 Å². The highest BCUT2D eigenvalue weighted by molar-refractivity contribution is 8.12. The van der Waals surface area contributed by atoms with E-state index in [-0.39, 0.29) is 10.7 Å². The summed E-state index contributed by atoms with van der Waals surface area (Å²) in [6.07, 6.45) is 8.71. The van der Waals surface area contributed by atoms with Crippen molar-refractivity contribution in [1.29, 1.82) is 0 Å². The van der Waals surface area contributed by atoms with Gasteiger partial charge < -0.3 is 10.2 Å². The van der Waals surface area contributed by atoms with E-state index in [1.54, 1.807) is 0 Å². The molecule has 1 unspecified atom stereocenters. The predicted octanol–water partition coefficient (Wildman–Crippen LogP) is 6.91. The van der Waals surface area contributed by atoms with Crippen molar-refractivity contribution >= 4 is 22.1 Å². The SMILES string of the molecule is C=CC=C1C(C)=C(c2ccccc2C)C=C(NCC2CCN(S(=C)c3ccccc3C)CC2)N1C. The van der Waals surface area contributed by atoms with Crippen molar-refractivity contribution in [2.75, 3.05) is 26.7 Å². The summed E-state index contributed by atoms with van der Waals surface area (Å²) in [5.74, 6) is 6.34. The van der Waals surface area contributed by atoms with Crippen LogP contribution in [0.15, 0.2) is 95.3 Å². The molecule has 0 radical (unpaired) electrons. The third-order valence-electron chi connectivity index (χ3n) is 7.31. The molecule has 2 aliphatic heterocycles. The first-order valence-electron chi connectivity index (χ1n) is 12.5. The molecule has 0 saturated carbocycles. The van der Waals surface area contributed by atoms with Crippen LogP contribution >= 0.6 is 10.7 Å². The first kappa shape index (κ1) is 25.3. The van der Waals surface area contributed by atoms with Gasteiger partial charge in [0.05, 0.1) is 0 Å². The normalized spacial score (nSPS) is 19.6. The van der Waals surface area contributed by atoms with Gasteiger partial charge in [-0.25, -0.2) is 0 Å². The minimum atomic E-state index is -0.0794. The maximum atomic E-state index is 4.53. The van der Waals surface area contributed by atoms with Gasteiger partial charge in [-0.2, -0.15) is 0 Å². The topological polar surface area (TPSA) is 18.5 Å². The van der Waals surface area contributed by atoms with Crippen LogP contribution in [-0.4, -0.2) is 41.8 Å². The largest absolute Gasteiger partial charge is 0.371 e. The molecule has 0 aliphatic carbocycles. The third-order valence-corrected chi connectivity index (χ3v) is 9.26. The van der Waals surface area contributed by atoms with Gasteiger partial charge in [-0.1, -0.05) is 71.7 Å². The minimum Gasteiger partial charge on any atom is -0.371 e. The fraction of sp³-hybridized carbons (Fsp3) is 0.323. The molecule has 3 nitrogen and oxygen atoms in total. The van der Waals surface area contributed by atoms with Crippen molar-refractivity contribution in [1.82, 2.24) is 14.5 Å². The van der Waals surface area contributed by atoms with Gasteiger partial charge in [0.15, 0.2) is 0 Å². The first-order valence-corrected chi connectivity index (χ1v) is 13.9. The standard InChI is InChI=1S/C31H39N3S/c1-7-12-29-25(4)28(27-15-10-8-13-23(27)2)21-31(33(29)5)32-22-26-17-19-34(20-18-26)35(6)30-16-11-9-14-24(30)3/h7-16,21,26,32H,1,6,17-20,22H2,2-5H3. The number of nitrogens with one attached hydrogen (secondary N) is 1. The molecule has 1 atom stereocenters. The molecule has 1 fully saturated rings. The van der Waals surface area contributed by atoms with E-state index >= 15 is 0 Å². The molecule has 0 amide bonds. The zero-order chi connectivity index (χ0) is 24.9. The number of rotatable bonds is 7. The third kappa shape index (κ3) is 5.55. The number of likely N-dealkylation sites (N-methyl/N-ethyl adjacent to an activating group) is 1. The van der Waals surface area contributed by atoms with E-state index in [9.17, 15) is 0 Å². The number of aryl methyl sites for hydroxylation is 2. The van der Waals surface area contributed by atoms with Crippen LogP contribution in [0, 0.1) is 19.8 Å². The Hall–Kier alpha value is -2.82. The summed E-state index contributed by atoms with van der Waals surface area (Å²) in [4.78, 5) is 3.64. The zero-order valence-corrected chi connectivity index (χ0v) is 22.5. The average molecular weight is 486 g/mol. The number of benzene rings is 2. The van der Waals surface area contributed by atoms with Gasteiger partial charge in [0.1, 0.15) is 5.82 Å². The number of hydrogen-bond acceptors (Lipinski definition) is 3. The summed E-state index contributed by atoms with van der Waals surface area (Å²) in [6, 6.07) is 17.3. The highest BCUT2D eigenvalue weighted by Crippen LogP contribution is 2.36. The van der Waals surface area contributed by atoms with Crippen LogP contribution in [0.4, 0.5) is 0 Å². The van der Waals surface area contributed by atoms with Gasteiger partial charge in [-0.05, 0) is 85.6 Å². The molecule has 1 saturated heterocycles. The molecule has 35 heavy (non-hydrogen) atoms. The van der Waals surface area contributed by atoms with Crippen molar-refractivity contribution in [3.63, 3.8) is 0 Å². The Balaban J connectivity index is 1.44. The molecule has 2 heterocycles. The van der Waals surface area contributed by atoms with E-state index in [1.807, 2.05) is 6.08 Å². The van der Waals surface area contributed by atoms with Crippen molar-refractivity contribution < 1.29 is 0 Å². The molecule has 2 aromatic rings. The average Bonchev–Trinajstić information content (AvgIpc) is 2.87. The second-order valence-electron chi connectivity index (χ2n) is 9.61. The first-order chi connectivity index (χ1) is 16.9. The van der Waals surface area contributed by atoms with Crippen LogP contribution in [0.25, 0.3) is 5.57 Å². The molecule has 0 bridgehead atoms. The summed E-state index contributed by atoms with van der Waals surface area (Å²) in [7, 11) is 2.07. The lowest BCUT2D eigenvalue weighted by molar-refractivity contribution is 0.281. The van der Waals surface area contributed by atoms with E-state index in [4.69, 9.17) is 0 Å². The second-order valence-corrected chi connectivity index (χ2v) is 11.3. The molecule has 0 spiro atoms. The molecule has 4 heteroatoms. The summed E-state index contributed by atoms with van der Waals surface area (Å²) in [5.41, 5.74) is 7.68. The monoisotopic (exact) mass is 485 g/mol. The van der Waals surface area contributed by atoms with Crippen LogP contribution in [0.1, 0.15) is 36.5 Å². The summed E-state index contributed by atoms with van der Waals surface area (Å²) >= 11 is 0. The van der Waals surface area contributed by atoms with Crippen LogP contribution < -0.4 is 5.32 Å². The summed E-state index contributed by atoms with van der Waals surface area (Å²) in [6.45, 7) is 13.8. The molecule has 4 rings (SSSR count). The van der Waals surface area contributed by atoms with Gasteiger partial charge in [-0.3, -0.25) is 4.31 Å². The lowest BCUT2D eigenvalue weighted by Crippen LogP contribution is -2.38. The minimum absolute atomic E-state index is 0.0794. The number of allylic oxidation sites excluding steroid dienone is 5. The molecule has 2 aromatic carbocycles. The van der Waals surface area contributed by atoms with Crippen LogP contribution in [0.3, 0.4) is 0 Å². The highest BCUT2D eigenvalue weighted by Gasteiger charge is 2.25. The highest BCUT2D eigenvalue weighted by atomic mass is 32.2. The van der Waals surface area contributed by atoms with Crippen LogP contribution in [-0.2, 0) is 0 Å². The smallest absolute Gasteiger partial charge is 0.106 e. The Morgan fingerprint density at radius 3 is 2.31 bits per heavy atom. The molecule has 184 valence electrons. The van der Waals surface area contributed by atoms with Gasteiger partial charge in [0.25, 0.3) is 0 Å². The zero-order valence-electron chi connectivity index (χ0n) is 21.7. The lowest BCUT2D eigenvalue weighted by atomic mass is 9.92. The van der Waals surface area contributed by atoms with Gasteiger partial charge in [0, 0.05) is 37.3 Å². The van der Waals surface area contributed by atoms with Gasteiger partial charge in [-0.15, -0.1) is 0 Å². The summed E-state index contributed by atoms with van der Waals surface area (Å²) < 4.78 is 2.57. The molecule has 1 N–H and O–H groups in total. The van der Waals surface area contributed by atoms with E-state index in [0.717, 1.165) is 25.5 Å². The fourth-order valence-electron chi connectivity index (χ4n) is 5.08. The Labute approximate surface area is 214 Å². The number of piperidine rings is 1. The van der Waals surface area contributed by atoms with Crippen molar-refractivity contribution in [3.05, 3.63) is 107 Å². The second kappa shape index (κ2) is 11.3. The van der Waals surface area contributed by atoms with E-state index in [0.29, 0.717) is 5.92 Å². The van der Waals surface area contributed by atoms with Crippen molar-refractivity contribution in [3.8, 4) is 0 Å². The Morgan fingerprint density at radius 2 is 1.66 bits per heavy atom. The van der Waals surface area contributed by atoms with E-state index < -0.39 is 0 Å². The Morgan fingerprint density at radius 1 is 1.00 bits per heavy atom. The molecular weight excluding hydrogens is 446 g/mol. The predicted molar refractivity (Wildman–Crippen MR) is 154 cm³/mol. The lowest BCUT2D eigenvalue weighted by Gasteiger charge is -2.36. The van der Waals surface area contributed by atoms with Crippen molar-refractivity contribution in [2.24, 2.45) is 5.92 Å². The maximum Gasteiger partial charge on any atom is 0.106 e. The van der Waals surface area contributed by atoms with Crippen LogP contribution in [0.2, 0.25) is 0 Å². The molecule has 0 aromatic heterocycles. The fourth-order valence-corrected chi connectivity index (χ4v) is 6.68. The van der Waals surface area contributed by atoms with E-state index in [1.165, 1.54) is 51.3 Å². The maximum absolute atomic E-state index is 4.53. The molecular formula is C31H39N3S. The summed E-state index contributed by atoms with van der Waals surface area (Å²) in [5, 5.41) is 3.80. The number of nitrogens with zero attached hydrogens (tertiary/aromatic N) is 2.